The first-order valence-corrected chi connectivity index (χ1v) is 6.48. The number of nitrogens with one attached hydrogen (secondary N) is 1. The molecule has 1 aliphatic rings. The van der Waals surface area contributed by atoms with Crippen LogP contribution in [0.3, 0.4) is 0 Å². The largest absolute Gasteiger partial charge is 0.478 e. The standard InChI is InChI=1S/C14H18N2O3/c17-13(16-8-3-6-15-7-9-16)10-11-4-1-2-5-12(11)14(18)19/h1-2,4-5,15H,3,6-10H2,(H,18,19). The molecule has 1 aromatic rings. The van der Waals surface area contributed by atoms with E-state index in [-0.39, 0.29) is 17.9 Å². The summed E-state index contributed by atoms with van der Waals surface area (Å²) in [6, 6.07) is 6.68. The van der Waals surface area contributed by atoms with Crippen LogP contribution in [0.4, 0.5) is 0 Å². The first-order chi connectivity index (χ1) is 9.18. The van der Waals surface area contributed by atoms with Gasteiger partial charge >= 0.3 is 5.97 Å². The number of carboxylic acid groups (broad SMARTS) is 1. The quantitative estimate of drug-likeness (QED) is 0.843. The van der Waals surface area contributed by atoms with Crippen molar-refractivity contribution in [2.75, 3.05) is 26.2 Å². The average Bonchev–Trinajstić information content (AvgIpc) is 2.68. The fourth-order valence-corrected chi connectivity index (χ4v) is 2.25. The molecular formula is C14H18N2O3. The average molecular weight is 262 g/mol. The van der Waals surface area contributed by atoms with Crippen molar-refractivity contribution >= 4 is 11.9 Å². The van der Waals surface area contributed by atoms with Crippen LogP contribution in [-0.2, 0) is 11.2 Å². The van der Waals surface area contributed by atoms with E-state index in [1.807, 2.05) is 0 Å². The normalized spacial score (nSPS) is 15.9. The van der Waals surface area contributed by atoms with Gasteiger partial charge in [-0.1, -0.05) is 18.2 Å². The number of carbonyl (C=O) groups is 2. The predicted molar refractivity (Wildman–Crippen MR) is 71.2 cm³/mol. The van der Waals surface area contributed by atoms with Crippen LogP contribution in [0.1, 0.15) is 22.3 Å². The Morgan fingerprint density at radius 3 is 2.79 bits per heavy atom. The van der Waals surface area contributed by atoms with E-state index in [9.17, 15) is 9.59 Å². The molecule has 1 saturated heterocycles. The van der Waals surface area contributed by atoms with Crippen LogP contribution in [0.15, 0.2) is 24.3 Å². The van der Waals surface area contributed by atoms with Gasteiger partial charge in [0.25, 0.3) is 0 Å². The maximum Gasteiger partial charge on any atom is 0.335 e. The molecule has 0 saturated carbocycles. The number of amides is 1. The molecule has 0 aliphatic carbocycles. The number of hydrogen-bond acceptors (Lipinski definition) is 3. The van der Waals surface area contributed by atoms with Crippen LogP contribution in [-0.4, -0.2) is 48.1 Å². The zero-order valence-corrected chi connectivity index (χ0v) is 10.8. The van der Waals surface area contributed by atoms with Gasteiger partial charge in [0, 0.05) is 19.6 Å². The van der Waals surface area contributed by atoms with Crippen molar-refractivity contribution in [2.45, 2.75) is 12.8 Å². The van der Waals surface area contributed by atoms with E-state index >= 15 is 0 Å². The van der Waals surface area contributed by atoms with E-state index in [2.05, 4.69) is 5.32 Å². The molecule has 2 rings (SSSR count). The van der Waals surface area contributed by atoms with Gasteiger partial charge in [0.15, 0.2) is 0 Å². The SMILES string of the molecule is O=C(O)c1ccccc1CC(=O)N1CCCNCC1. The Hall–Kier alpha value is -1.88. The molecule has 102 valence electrons. The number of nitrogens with zero attached hydrogens (tertiary/aromatic N) is 1. The minimum atomic E-state index is -0.985. The third kappa shape index (κ3) is 3.54. The highest BCUT2D eigenvalue weighted by molar-refractivity contribution is 5.91. The van der Waals surface area contributed by atoms with E-state index in [1.165, 1.54) is 6.07 Å². The van der Waals surface area contributed by atoms with Crippen molar-refractivity contribution in [2.24, 2.45) is 0 Å². The van der Waals surface area contributed by atoms with Crippen molar-refractivity contribution in [3.05, 3.63) is 35.4 Å². The maximum absolute atomic E-state index is 12.2. The Morgan fingerprint density at radius 2 is 2.00 bits per heavy atom. The summed E-state index contributed by atoms with van der Waals surface area (Å²) in [5.41, 5.74) is 0.793. The Balaban J connectivity index is 2.07. The summed E-state index contributed by atoms with van der Waals surface area (Å²) < 4.78 is 0. The molecule has 0 atom stereocenters. The lowest BCUT2D eigenvalue weighted by Crippen LogP contribution is -2.35. The number of carbonyl (C=O) groups excluding carboxylic acids is 1. The van der Waals surface area contributed by atoms with Gasteiger partial charge < -0.3 is 15.3 Å². The maximum atomic E-state index is 12.2. The zero-order valence-electron chi connectivity index (χ0n) is 10.8. The Labute approximate surface area is 112 Å². The fraction of sp³-hybridized carbons (Fsp3) is 0.429. The molecule has 0 bridgehead atoms. The Kier molecular flexibility index (Phi) is 4.52. The van der Waals surface area contributed by atoms with Crippen molar-refractivity contribution in [1.82, 2.24) is 10.2 Å². The Bertz CT molecular complexity index is 466. The van der Waals surface area contributed by atoms with E-state index in [0.717, 1.165) is 26.1 Å². The van der Waals surface area contributed by atoms with E-state index in [1.54, 1.807) is 23.1 Å². The summed E-state index contributed by atoms with van der Waals surface area (Å²) in [4.78, 5) is 25.1. The van der Waals surface area contributed by atoms with Crippen LogP contribution >= 0.6 is 0 Å². The van der Waals surface area contributed by atoms with Gasteiger partial charge in [-0.05, 0) is 24.6 Å². The minimum absolute atomic E-state index is 0.00241. The van der Waals surface area contributed by atoms with E-state index < -0.39 is 5.97 Å². The van der Waals surface area contributed by atoms with Gasteiger partial charge in [-0.15, -0.1) is 0 Å². The second kappa shape index (κ2) is 6.33. The van der Waals surface area contributed by atoms with Gasteiger partial charge in [-0.3, -0.25) is 4.79 Å². The third-order valence-electron chi connectivity index (χ3n) is 3.28. The van der Waals surface area contributed by atoms with Crippen molar-refractivity contribution < 1.29 is 14.7 Å². The highest BCUT2D eigenvalue weighted by Crippen LogP contribution is 2.11. The van der Waals surface area contributed by atoms with Crippen LogP contribution in [0.2, 0.25) is 0 Å². The van der Waals surface area contributed by atoms with E-state index in [4.69, 9.17) is 5.11 Å². The molecule has 0 spiro atoms. The summed E-state index contributed by atoms with van der Waals surface area (Å²) in [7, 11) is 0. The first kappa shape index (κ1) is 13.5. The van der Waals surface area contributed by atoms with Crippen LogP contribution in [0.25, 0.3) is 0 Å². The minimum Gasteiger partial charge on any atom is -0.478 e. The van der Waals surface area contributed by atoms with Crippen molar-refractivity contribution in [3.8, 4) is 0 Å². The van der Waals surface area contributed by atoms with Crippen LogP contribution < -0.4 is 5.32 Å². The second-order valence-corrected chi connectivity index (χ2v) is 4.62. The molecular weight excluding hydrogens is 244 g/mol. The molecule has 1 aromatic carbocycles. The molecule has 19 heavy (non-hydrogen) atoms. The van der Waals surface area contributed by atoms with E-state index in [0.29, 0.717) is 12.1 Å². The first-order valence-electron chi connectivity index (χ1n) is 6.48. The molecule has 1 aliphatic heterocycles. The monoisotopic (exact) mass is 262 g/mol. The topological polar surface area (TPSA) is 69.6 Å². The van der Waals surface area contributed by atoms with Gasteiger partial charge in [-0.2, -0.15) is 0 Å². The lowest BCUT2D eigenvalue weighted by molar-refractivity contribution is -0.130. The number of benzene rings is 1. The molecule has 5 heteroatoms. The predicted octanol–water partition coefficient (Wildman–Crippen LogP) is 0.749. The highest BCUT2D eigenvalue weighted by atomic mass is 16.4. The number of carboxylic acids is 1. The smallest absolute Gasteiger partial charge is 0.335 e. The van der Waals surface area contributed by atoms with Crippen LogP contribution in [0, 0.1) is 0 Å². The molecule has 5 nitrogen and oxygen atoms in total. The summed E-state index contributed by atoms with van der Waals surface area (Å²) in [6.45, 7) is 3.15. The highest BCUT2D eigenvalue weighted by Gasteiger charge is 2.18. The molecule has 0 radical (unpaired) electrons. The van der Waals surface area contributed by atoms with Gasteiger partial charge in [-0.25, -0.2) is 4.79 Å². The molecule has 1 amide bonds. The number of hydrogen-bond donors (Lipinski definition) is 2. The fourth-order valence-electron chi connectivity index (χ4n) is 2.25. The summed E-state index contributed by atoms with van der Waals surface area (Å²) in [5, 5.41) is 12.3. The van der Waals surface area contributed by atoms with Gasteiger partial charge in [0.2, 0.25) is 5.91 Å². The Morgan fingerprint density at radius 1 is 1.21 bits per heavy atom. The zero-order chi connectivity index (χ0) is 13.7. The second-order valence-electron chi connectivity index (χ2n) is 4.62. The summed E-state index contributed by atoms with van der Waals surface area (Å²) in [6.07, 6.45) is 1.09. The molecule has 1 heterocycles. The van der Waals surface area contributed by atoms with Gasteiger partial charge in [0.1, 0.15) is 0 Å². The van der Waals surface area contributed by atoms with Crippen molar-refractivity contribution in [3.63, 3.8) is 0 Å². The lowest BCUT2D eigenvalue weighted by Gasteiger charge is -2.20. The summed E-state index contributed by atoms with van der Waals surface area (Å²) in [5.74, 6) is -0.988. The molecule has 1 fully saturated rings. The molecule has 0 aromatic heterocycles. The van der Waals surface area contributed by atoms with Gasteiger partial charge in [0.05, 0.1) is 12.0 Å². The van der Waals surface area contributed by atoms with Crippen LogP contribution in [0.5, 0.6) is 0 Å². The third-order valence-corrected chi connectivity index (χ3v) is 3.28. The number of aromatic carboxylic acids is 1. The molecule has 0 unspecified atom stereocenters. The number of rotatable bonds is 3. The van der Waals surface area contributed by atoms with Crippen molar-refractivity contribution in [1.29, 1.82) is 0 Å². The lowest BCUT2D eigenvalue weighted by atomic mass is 10.0. The molecule has 2 N–H and O–H groups in total. The summed E-state index contributed by atoms with van der Waals surface area (Å²) >= 11 is 0.